The number of carbonyl (C=O) groups excluding carboxylic acids is 2. The summed E-state index contributed by atoms with van der Waals surface area (Å²) in [5, 5.41) is 0. The Hall–Kier alpha value is -1.94. The third-order valence-electron chi connectivity index (χ3n) is 2.51. The van der Waals surface area contributed by atoms with Gasteiger partial charge in [0.1, 0.15) is 12.7 Å². The number of hydrogen-bond donors (Lipinski definition) is 0. The van der Waals surface area contributed by atoms with Crippen molar-refractivity contribution in [2.45, 2.75) is 32.8 Å². The van der Waals surface area contributed by atoms with Crippen molar-refractivity contribution >= 4 is 18.2 Å². The van der Waals surface area contributed by atoms with Gasteiger partial charge in [0.2, 0.25) is 0 Å². The lowest BCUT2D eigenvalue weighted by molar-refractivity contribution is -0.144. The lowest BCUT2D eigenvalue weighted by Crippen LogP contribution is -2.17. The first-order valence-electron chi connectivity index (χ1n) is 5.21. The van der Waals surface area contributed by atoms with Crippen LogP contribution in [0.25, 0.3) is 5.53 Å². The number of carbonyl (C=O) groups is 2. The Labute approximate surface area is 98.8 Å². The highest BCUT2D eigenvalue weighted by atomic mass is 16.5. The summed E-state index contributed by atoms with van der Waals surface area (Å²) in [7, 11) is 0. The highest BCUT2D eigenvalue weighted by Crippen LogP contribution is 2.28. The molecule has 0 saturated heterocycles. The van der Waals surface area contributed by atoms with Gasteiger partial charge in [-0.1, -0.05) is 5.57 Å². The topological polar surface area (TPSA) is 89.0 Å². The minimum Gasteiger partial charge on any atom is -0.461 e. The van der Waals surface area contributed by atoms with E-state index >= 15 is 0 Å². The number of ether oxygens (including phenoxy) is 2. The first kappa shape index (κ1) is 13.1. The van der Waals surface area contributed by atoms with E-state index in [9.17, 15) is 9.59 Å². The summed E-state index contributed by atoms with van der Waals surface area (Å²) in [5.74, 6) is -1.02. The van der Waals surface area contributed by atoms with E-state index in [1.54, 1.807) is 0 Å². The molecule has 17 heavy (non-hydrogen) atoms. The minimum atomic E-state index is -0.681. The molecule has 92 valence electrons. The Bertz CT molecular complexity index is 408. The Morgan fingerprint density at radius 1 is 1.53 bits per heavy atom. The molecule has 0 amide bonds. The monoisotopic (exact) mass is 238 g/mol. The molecule has 0 spiro atoms. The van der Waals surface area contributed by atoms with Gasteiger partial charge in [0.25, 0.3) is 0 Å². The predicted octanol–water partition coefficient (Wildman–Crippen LogP) is 0.872. The predicted molar refractivity (Wildman–Crippen MR) is 58.1 cm³/mol. The summed E-state index contributed by atoms with van der Waals surface area (Å²) in [4.78, 5) is 24.3. The molecule has 0 bridgehead atoms. The van der Waals surface area contributed by atoms with Crippen molar-refractivity contribution in [1.29, 1.82) is 0 Å². The molecule has 0 fully saturated rings. The molecule has 0 aromatic carbocycles. The van der Waals surface area contributed by atoms with Crippen molar-refractivity contribution < 1.29 is 23.9 Å². The van der Waals surface area contributed by atoms with Gasteiger partial charge in [-0.2, -0.15) is 4.79 Å². The molecule has 1 unspecified atom stereocenters. The number of esters is 2. The van der Waals surface area contributed by atoms with Gasteiger partial charge >= 0.3 is 18.2 Å². The number of nitrogens with zero attached hydrogens (tertiary/aromatic N) is 2. The molecule has 0 heterocycles. The fourth-order valence-corrected chi connectivity index (χ4v) is 1.70. The second kappa shape index (κ2) is 5.96. The third-order valence-corrected chi connectivity index (χ3v) is 2.51. The van der Waals surface area contributed by atoms with Crippen LogP contribution in [0, 0.1) is 0 Å². The van der Waals surface area contributed by atoms with E-state index in [4.69, 9.17) is 15.0 Å². The average molecular weight is 238 g/mol. The minimum absolute atomic E-state index is 0.239. The van der Waals surface area contributed by atoms with Gasteiger partial charge in [-0.3, -0.25) is 4.79 Å². The summed E-state index contributed by atoms with van der Waals surface area (Å²) in [6.07, 6.45) is 1.59. The van der Waals surface area contributed by atoms with Gasteiger partial charge in [-0.05, 0) is 12.5 Å². The Morgan fingerprint density at radius 2 is 2.24 bits per heavy atom. The average Bonchev–Trinajstić information content (AvgIpc) is 2.56. The van der Waals surface area contributed by atoms with Crippen LogP contribution in [0.4, 0.5) is 0 Å². The summed E-state index contributed by atoms with van der Waals surface area (Å²) < 4.78 is 9.92. The first-order valence-corrected chi connectivity index (χ1v) is 5.21. The molecule has 1 atom stereocenters. The maximum Gasteiger partial charge on any atom is 0.413 e. The van der Waals surface area contributed by atoms with Gasteiger partial charge in [0.05, 0.1) is 0 Å². The summed E-state index contributed by atoms with van der Waals surface area (Å²) in [6, 6.07) is 0. The lowest BCUT2D eigenvalue weighted by Gasteiger charge is -2.09. The second-order valence-corrected chi connectivity index (χ2v) is 3.88. The number of hydrogen-bond acceptors (Lipinski definition) is 4. The lowest BCUT2D eigenvalue weighted by atomic mass is 10.2. The van der Waals surface area contributed by atoms with Crippen molar-refractivity contribution in [3.05, 3.63) is 16.7 Å². The summed E-state index contributed by atoms with van der Waals surface area (Å²) in [5.41, 5.74) is 10.2. The van der Waals surface area contributed by atoms with Crippen LogP contribution in [0.5, 0.6) is 0 Å². The van der Waals surface area contributed by atoms with Gasteiger partial charge in [-0.15, -0.1) is 0 Å². The standard InChI is InChI=1S/C11H14N2O4/c1-7-3-10(17-11(15)5-13-12)4-9(7)6-16-8(2)14/h5,10H,3-4,6H2,1-2H3. The van der Waals surface area contributed by atoms with Crippen LogP contribution in [0.1, 0.15) is 26.7 Å². The zero-order valence-electron chi connectivity index (χ0n) is 9.80. The SMILES string of the molecule is CC(=O)OCC1=C(C)CC(OC(=O)C=[N+]=[N-])C1. The van der Waals surface area contributed by atoms with Crippen molar-refractivity contribution in [2.75, 3.05) is 6.61 Å². The molecule has 0 aromatic rings. The van der Waals surface area contributed by atoms with Crippen molar-refractivity contribution in [1.82, 2.24) is 0 Å². The quantitative estimate of drug-likeness (QED) is 0.239. The van der Waals surface area contributed by atoms with E-state index in [1.807, 2.05) is 6.92 Å². The molecule has 0 radical (unpaired) electrons. The molecule has 0 N–H and O–H groups in total. The zero-order chi connectivity index (χ0) is 12.8. The molecule has 6 heteroatoms. The van der Waals surface area contributed by atoms with Crippen LogP contribution >= 0.6 is 0 Å². The molecule has 1 aliphatic rings. The van der Waals surface area contributed by atoms with E-state index in [0.717, 1.165) is 11.1 Å². The van der Waals surface area contributed by atoms with E-state index in [0.29, 0.717) is 19.1 Å². The zero-order valence-corrected chi connectivity index (χ0v) is 9.80. The van der Waals surface area contributed by atoms with Gasteiger partial charge in [0.15, 0.2) is 0 Å². The van der Waals surface area contributed by atoms with Gasteiger partial charge in [0, 0.05) is 19.8 Å². The van der Waals surface area contributed by atoms with Crippen LogP contribution in [-0.4, -0.2) is 35.7 Å². The fraction of sp³-hybridized carbons (Fsp3) is 0.545. The fourth-order valence-electron chi connectivity index (χ4n) is 1.70. The normalized spacial score (nSPS) is 18.6. The molecule has 0 aliphatic heterocycles. The van der Waals surface area contributed by atoms with Gasteiger partial charge < -0.3 is 15.0 Å². The second-order valence-electron chi connectivity index (χ2n) is 3.88. The molecular formula is C11H14N2O4. The molecule has 0 saturated carbocycles. The smallest absolute Gasteiger partial charge is 0.413 e. The Balaban J connectivity index is 2.45. The van der Waals surface area contributed by atoms with Crippen LogP contribution < -0.4 is 0 Å². The largest absolute Gasteiger partial charge is 0.461 e. The highest BCUT2D eigenvalue weighted by Gasteiger charge is 2.25. The molecule has 1 rings (SSSR count). The third kappa shape index (κ3) is 4.20. The Morgan fingerprint density at radius 3 is 2.82 bits per heavy atom. The molecule has 0 aromatic heterocycles. The van der Waals surface area contributed by atoms with Crippen LogP contribution in [0.15, 0.2) is 11.1 Å². The van der Waals surface area contributed by atoms with Gasteiger partial charge in [-0.25, -0.2) is 4.79 Å². The Kier molecular flexibility index (Phi) is 4.60. The molecule has 6 nitrogen and oxygen atoms in total. The van der Waals surface area contributed by atoms with Crippen LogP contribution in [0.2, 0.25) is 0 Å². The first-order chi connectivity index (χ1) is 8.02. The maximum atomic E-state index is 11.0. The maximum absolute atomic E-state index is 11.0. The highest BCUT2D eigenvalue weighted by molar-refractivity contribution is 6.20. The molecule has 1 aliphatic carbocycles. The van der Waals surface area contributed by atoms with Crippen molar-refractivity contribution in [3.8, 4) is 0 Å². The van der Waals surface area contributed by atoms with E-state index < -0.39 is 5.97 Å². The van der Waals surface area contributed by atoms with E-state index in [-0.39, 0.29) is 18.7 Å². The summed E-state index contributed by atoms with van der Waals surface area (Å²) in [6.45, 7) is 3.50. The van der Waals surface area contributed by atoms with Crippen LogP contribution in [0.3, 0.4) is 0 Å². The summed E-state index contributed by atoms with van der Waals surface area (Å²) >= 11 is 0. The molecular weight excluding hydrogens is 224 g/mol. The van der Waals surface area contributed by atoms with Crippen molar-refractivity contribution in [2.24, 2.45) is 0 Å². The number of rotatable bonds is 4. The van der Waals surface area contributed by atoms with Crippen LogP contribution in [-0.2, 0) is 19.1 Å². The van der Waals surface area contributed by atoms with Crippen molar-refractivity contribution in [3.63, 3.8) is 0 Å². The van der Waals surface area contributed by atoms with E-state index in [2.05, 4.69) is 4.79 Å². The van der Waals surface area contributed by atoms with E-state index in [1.165, 1.54) is 6.92 Å².